The van der Waals surface area contributed by atoms with Gasteiger partial charge in [0.05, 0.1) is 4.47 Å². The van der Waals surface area contributed by atoms with Gasteiger partial charge in [0.1, 0.15) is 5.75 Å². The second kappa shape index (κ2) is 6.38. The number of rotatable bonds is 4. The predicted octanol–water partition coefficient (Wildman–Crippen LogP) is 3.24. The van der Waals surface area contributed by atoms with Crippen molar-refractivity contribution < 1.29 is 9.53 Å². The smallest absolute Gasteiger partial charge is 0.257 e. The van der Waals surface area contributed by atoms with Gasteiger partial charge in [-0.25, -0.2) is 0 Å². The maximum absolute atomic E-state index is 11.1. The van der Waals surface area contributed by atoms with Crippen LogP contribution in [0.1, 0.15) is 0 Å². The van der Waals surface area contributed by atoms with Gasteiger partial charge in [-0.1, -0.05) is 36.4 Å². The molecule has 0 spiro atoms. The second-order valence-corrected chi connectivity index (χ2v) is 4.83. The van der Waals surface area contributed by atoms with Crippen LogP contribution in [0.4, 0.5) is 0 Å². The van der Waals surface area contributed by atoms with Crippen molar-refractivity contribution in [1.29, 1.82) is 0 Å². The molecule has 0 saturated heterocycles. The van der Waals surface area contributed by atoms with Gasteiger partial charge < -0.3 is 10.1 Å². The van der Waals surface area contributed by atoms with Crippen molar-refractivity contribution in [2.75, 3.05) is 13.7 Å². The molecule has 0 heterocycles. The summed E-state index contributed by atoms with van der Waals surface area (Å²) in [5.74, 6) is 0.502. The first-order chi connectivity index (χ1) is 9.20. The fraction of sp³-hybridized carbons (Fsp3) is 0.133. The van der Waals surface area contributed by atoms with Crippen LogP contribution in [0.3, 0.4) is 0 Å². The molecule has 19 heavy (non-hydrogen) atoms. The van der Waals surface area contributed by atoms with Gasteiger partial charge in [-0.2, -0.15) is 0 Å². The minimum absolute atomic E-state index is 0.0137. The number of hydrogen-bond donors (Lipinski definition) is 1. The summed E-state index contributed by atoms with van der Waals surface area (Å²) in [7, 11) is 1.58. The third kappa shape index (κ3) is 3.58. The molecule has 4 heteroatoms. The van der Waals surface area contributed by atoms with Crippen LogP contribution in [-0.4, -0.2) is 19.6 Å². The van der Waals surface area contributed by atoms with Crippen molar-refractivity contribution >= 4 is 21.8 Å². The summed E-state index contributed by atoms with van der Waals surface area (Å²) in [5, 5.41) is 2.51. The molecule has 2 rings (SSSR count). The summed E-state index contributed by atoms with van der Waals surface area (Å²) in [5.41, 5.74) is 2.24. The number of ether oxygens (including phenoxy) is 1. The van der Waals surface area contributed by atoms with Crippen LogP contribution < -0.4 is 10.1 Å². The fourth-order valence-corrected chi connectivity index (χ4v) is 2.14. The number of halogens is 1. The Labute approximate surface area is 120 Å². The molecule has 0 aliphatic carbocycles. The fourth-order valence-electron chi connectivity index (χ4n) is 1.64. The van der Waals surface area contributed by atoms with Crippen LogP contribution in [0.15, 0.2) is 53.0 Å². The normalized spacial score (nSPS) is 10.0. The Balaban J connectivity index is 2.16. The first-order valence-corrected chi connectivity index (χ1v) is 6.68. The highest BCUT2D eigenvalue weighted by Crippen LogP contribution is 2.30. The van der Waals surface area contributed by atoms with E-state index < -0.39 is 0 Å². The summed E-state index contributed by atoms with van der Waals surface area (Å²) in [6.07, 6.45) is 0. The Morgan fingerprint density at radius 2 is 1.89 bits per heavy atom. The van der Waals surface area contributed by atoms with Gasteiger partial charge in [0, 0.05) is 7.05 Å². The van der Waals surface area contributed by atoms with Crippen LogP contribution >= 0.6 is 15.9 Å². The van der Waals surface area contributed by atoms with Gasteiger partial charge in [-0.3, -0.25) is 4.79 Å². The Kier molecular flexibility index (Phi) is 4.58. The first kappa shape index (κ1) is 13.6. The molecule has 2 aromatic rings. The highest BCUT2D eigenvalue weighted by molar-refractivity contribution is 9.10. The number of amides is 1. The summed E-state index contributed by atoms with van der Waals surface area (Å²) in [6, 6.07) is 15.9. The van der Waals surface area contributed by atoms with E-state index >= 15 is 0 Å². The highest BCUT2D eigenvalue weighted by Gasteiger charge is 2.06. The van der Waals surface area contributed by atoms with Crippen molar-refractivity contribution in [3.05, 3.63) is 53.0 Å². The zero-order valence-electron chi connectivity index (χ0n) is 10.5. The van der Waals surface area contributed by atoms with E-state index in [1.165, 1.54) is 0 Å². The molecular formula is C15H14BrNO2. The lowest BCUT2D eigenvalue weighted by atomic mass is 10.1. The molecule has 1 N–H and O–H groups in total. The van der Waals surface area contributed by atoms with Crippen molar-refractivity contribution in [2.24, 2.45) is 0 Å². The van der Waals surface area contributed by atoms with Crippen LogP contribution in [0.25, 0.3) is 11.1 Å². The topological polar surface area (TPSA) is 38.3 Å². The zero-order valence-corrected chi connectivity index (χ0v) is 12.1. The number of nitrogens with one attached hydrogen (secondary N) is 1. The summed E-state index contributed by atoms with van der Waals surface area (Å²) in [4.78, 5) is 11.1. The van der Waals surface area contributed by atoms with Gasteiger partial charge in [-0.05, 0) is 39.2 Å². The van der Waals surface area contributed by atoms with E-state index in [0.717, 1.165) is 15.6 Å². The predicted molar refractivity (Wildman–Crippen MR) is 79.1 cm³/mol. The third-order valence-corrected chi connectivity index (χ3v) is 3.30. The molecule has 3 nitrogen and oxygen atoms in total. The van der Waals surface area contributed by atoms with Gasteiger partial charge in [0.15, 0.2) is 6.61 Å². The van der Waals surface area contributed by atoms with Crippen molar-refractivity contribution in [3.63, 3.8) is 0 Å². The first-order valence-electron chi connectivity index (χ1n) is 5.89. The van der Waals surface area contributed by atoms with E-state index in [9.17, 15) is 4.79 Å². The Morgan fingerprint density at radius 1 is 1.16 bits per heavy atom. The average molecular weight is 320 g/mol. The van der Waals surface area contributed by atoms with Gasteiger partial charge >= 0.3 is 0 Å². The molecule has 1 amide bonds. The Morgan fingerprint density at radius 3 is 2.53 bits per heavy atom. The zero-order chi connectivity index (χ0) is 13.7. The lowest BCUT2D eigenvalue weighted by molar-refractivity contribution is -0.122. The molecule has 0 radical (unpaired) electrons. The Hall–Kier alpha value is -1.81. The van der Waals surface area contributed by atoms with Crippen LogP contribution in [0.2, 0.25) is 0 Å². The largest absolute Gasteiger partial charge is 0.483 e. The maximum atomic E-state index is 11.1. The van der Waals surface area contributed by atoms with Crippen molar-refractivity contribution in [1.82, 2.24) is 5.32 Å². The lowest BCUT2D eigenvalue weighted by Crippen LogP contribution is -2.24. The second-order valence-electron chi connectivity index (χ2n) is 3.97. The number of carbonyl (C=O) groups excluding carboxylic acids is 1. The Bertz CT molecular complexity index is 570. The van der Waals surface area contributed by atoms with E-state index in [-0.39, 0.29) is 12.5 Å². The van der Waals surface area contributed by atoms with Gasteiger partial charge in [0.2, 0.25) is 0 Å². The monoisotopic (exact) mass is 319 g/mol. The number of carbonyl (C=O) groups is 1. The molecule has 2 aromatic carbocycles. The van der Waals surface area contributed by atoms with Crippen LogP contribution in [-0.2, 0) is 4.79 Å². The maximum Gasteiger partial charge on any atom is 0.257 e. The minimum Gasteiger partial charge on any atom is -0.483 e. The average Bonchev–Trinajstić information content (AvgIpc) is 2.46. The van der Waals surface area contributed by atoms with E-state index in [0.29, 0.717) is 5.75 Å². The number of benzene rings is 2. The van der Waals surface area contributed by atoms with Crippen molar-refractivity contribution in [3.8, 4) is 16.9 Å². The molecule has 0 aliphatic rings. The van der Waals surface area contributed by atoms with Gasteiger partial charge in [-0.15, -0.1) is 0 Å². The standard InChI is InChI=1S/C15H14BrNO2/c1-17-15(18)10-19-14-8-7-12(9-13(14)16)11-5-3-2-4-6-11/h2-9H,10H2,1H3,(H,17,18). The van der Waals surface area contributed by atoms with Crippen LogP contribution in [0.5, 0.6) is 5.75 Å². The molecule has 0 bridgehead atoms. The lowest BCUT2D eigenvalue weighted by Gasteiger charge is -2.09. The summed E-state index contributed by atoms with van der Waals surface area (Å²) >= 11 is 3.46. The number of hydrogen-bond acceptors (Lipinski definition) is 2. The molecule has 0 aromatic heterocycles. The molecular weight excluding hydrogens is 306 g/mol. The van der Waals surface area contributed by atoms with E-state index in [2.05, 4.69) is 21.2 Å². The van der Waals surface area contributed by atoms with E-state index in [4.69, 9.17) is 4.74 Å². The van der Waals surface area contributed by atoms with Crippen LogP contribution in [0, 0.1) is 0 Å². The molecule has 0 atom stereocenters. The molecule has 0 aliphatic heterocycles. The summed E-state index contributed by atoms with van der Waals surface area (Å²) in [6.45, 7) is 0.0137. The van der Waals surface area contributed by atoms with Crippen molar-refractivity contribution in [2.45, 2.75) is 0 Å². The summed E-state index contributed by atoms with van der Waals surface area (Å²) < 4.78 is 6.25. The van der Waals surface area contributed by atoms with E-state index in [1.807, 2.05) is 48.5 Å². The third-order valence-electron chi connectivity index (χ3n) is 2.68. The van der Waals surface area contributed by atoms with E-state index in [1.54, 1.807) is 7.05 Å². The molecule has 98 valence electrons. The molecule has 0 saturated carbocycles. The highest BCUT2D eigenvalue weighted by atomic mass is 79.9. The minimum atomic E-state index is -0.154. The molecule has 0 fully saturated rings. The number of likely N-dealkylation sites (N-methyl/N-ethyl adjacent to an activating group) is 1. The SMILES string of the molecule is CNC(=O)COc1ccc(-c2ccccc2)cc1Br. The molecule has 0 unspecified atom stereocenters. The van der Waals surface area contributed by atoms with Gasteiger partial charge in [0.25, 0.3) is 5.91 Å². The quantitative estimate of drug-likeness (QED) is 0.939.